The van der Waals surface area contributed by atoms with Crippen LogP contribution in [0.3, 0.4) is 0 Å². The second kappa shape index (κ2) is 4.36. The van der Waals surface area contributed by atoms with Crippen LogP contribution >= 0.6 is 15.9 Å². The number of aromatic nitrogens is 1. The number of halogens is 1. The standard InChI is InChI=1S/C9H10BrNO/c1-2-9(12)4-7-3-8(10)6-11-5-7/h3,5-6H,2,4H2,1H3. The SMILES string of the molecule is CCC(=O)Cc1cncc(Br)c1. The molecule has 0 saturated carbocycles. The molecule has 0 radical (unpaired) electrons. The van der Waals surface area contributed by atoms with Gasteiger partial charge in [0.1, 0.15) is 5.78 Å². The lowest BCUT2D eigenvalue weighted by atomic mass is 10.1. The van der Waals surface area contributed by atoms with Gasteiger partial charge >= 0.3 is 0 Å². The predicted octanol–water partition coefficient (Wildman–Crippen LogP) is 2.37. The first-order chi connectivity index (χ1) is 5.72. The van der Waals surface area contributed by atoms with E-state index in [-0.39, 0.29) is 5.78 Å². The maximum atomic E-state index is 11.0. The second-order valence-corrected chi connectivity index (χ2v) is 3.50. The number of ketones is 1. The molecule has 0 aliphatic carbocycles. The van der Waals surface area contributed by atoms with Crippen LogP contribution in [0.25, 0.3) is 0 Å². The number of carbonyl (C=O) groups is 1. The third-order valence-electron chi connectivity index (χ3n) is 1.56. The van der Waals surface area contributed by atoms with Crippen molar-refractivity contribution in [3.05, 3.63) is 28.5 Å². The lowest BCUT2D eigenvalue weighted by Crippen LogP contribution is -2.00. The van der Waals surface area contributed by atoms with Crippen molar-refractivity contribution in [3.63, 3.8) is 0 Å². The van der Waals surface area contributed by atoms with E-state index in [1.165, 1.54) is 0 Å². The van der Waals surface area contributed by atoms with Crippen LogP contribution in [0, 0.1) is 0 Å². The van der Waals surface area contributed by atoms with E-state index in [0.29, 0.717) is 12.8 Å². The van der Waals surface area contributed by atoms with Crippen molar-refractivity contribution in [2.75, 3.05) is 0 Å². The molecule has 0 bridgehead atoms. The second-order valence-electron chi connectivity index (χ2n) is 2.58. The Hall–Kier alpha value is -0.700. The first-order valence-corrected chi connectivity index (χ1v) is 4.62. The van der Waals surface area contributed by atoms with Crippen LogP contribution in [0.1, 0.15) is 18.9 Å². The van der Waals surface area contributed by atoms with Crippen molar-refractivity contribution < 1.29 is 4.79 Å². The molecular formula is C9H10BrNO. The minimum absolute atomic E-state index is 0.245. The van der Waals surface area contributed by atoms with Crippen molar-refractivity contribution in [2.24, 2.45) is 0 Å². The zero-order valence-electron chi connectivity index (χ0n) is 6.88. The molecule has 2 nitrogen and oxygen atoms in total. The largest absolute Gasteiger partial charge is 0.299 e. The van der Waals surface area contributed by atoms with E-state index in [0.717, 1.165) is 10.0 Å². The van der Waals surface area contributed by atoms with Gasteiger partial charge in [0.15, 0.2) is 0 Å². The van der Waals surface area contributed by atoms with Gasteiger partial charge in [-0.15, -0.1) is 0 Å². The highest BCUT2D eigenvalue weighted by molar-refractivity contribution is 9.10. The average molecular weight is 228 g/mol. The fourth-order valence-corrected chi connectivity index (χ4v) is 1.32. The van der Waals surface area contributed by atoms with E-state index in [1.54, 1.807) is 12.4 Å². The number of Topliss-reactive ketones (excluding diaryl/α,β-unsaturated/α-hetero) is 1. The molecule has 0 atom stereocenters. The molecule has 0 aliphatic rings. The molecule has 0 aromatic carbocycles. The summed E-state index contributed by atoms with van der Waals surface area (Å²) in [6.07, 6.45) is 4.51. The van der Waals surface area contributed by atoms with Crippen LogP contribution in [0.15, 0.2) is 22.9 Å². The monoisotopic (exact) mass is 227 g/mol. The number of hydrogen-bond donors (Lipinski definition) is 0. The molecule has 0 aliphatic heterocycles. The van der Waals surface area contributed by atoms with Gasteiger partial charge in [-0.1, -0.05) is 6.92 Å². The van der Waals surface area contributed by atoms with E-state index in [1.807, 2.05) is 13.0 Å². The maximum Gasteiger partial charge on any atom is 0.137 e. The molecular weight excluding hydrogens is 218 g/mol. The van der Waals surface area contributed by atoms with Gasteiger partial charge in [0.05, 0.1) is 0 Å². The molecule has 12 heavy (non-hydrogen) atoms. The summed E-state index contributed by atoms with van der Waals surface area (Å²) in [7, 11) is 0. The maximum absolute atomic E-state index is 11.0. The number of hydrogen-bond acceptors (Lipinski definition) is 2. The lowest BCUT2D eigenvalue weighted by molar-refractivity contribution is -0.118. The number of carbonyl (C=O) groups excluding carboxylic acids is 1. The van der Waals surface area contributed by atoms with E-state index in [2.05, 4.69) is 20.9 Å². The molecule has 0 N–H and O–H groups in total. The lowest BCUT2D eigenvalue weighted by Gasteiger charge is -1.97. The molecule has 0 saturated heterocycles. The molecule has 1 rings (SSSR count). The molecule has 1 aromatic heterocycles. The summed E-state index contributed by atoms with van der Waals surface area (Å²) < 4.78 is 0.920. The minimum Gasteiger partial charge on any atom is -0.299 e. The zero-order valence-corrected chi connectivity index (χ0v) is 8.47. The predicted molar refractivity (Wildman–Crippen MR) is 50.9 cm³/mol. The molecule has 1 aromatic rings. The minimum atomic E-state index is 0.245. The highest BCUT2D eigenvalue weighted by Gasteiger charge is 2.00. The smallest absolute Gasteiger partial charge is 0.137 e. The van der Waals surface area contributed by atoms with E-state index >= 15 is 0 Å². The molecule has 0 spiro atoms. The topological polar surface area (TPSA) is 30.0 Å². The van der Waals surface area contributed by atoms with Gasteiger partial charge in [-0.25, -0.2) is 0 Å². The Kier molecular flexibility index (Phi) is 3.41. The third-order valence-corrected chi connectivity index (χ3v) is 1.99. The van der Waals surface area contributed by atoms with Crippen molar-refractivity contribution in [1.82, 2.24) is 4.98 Å². The summed E-state index contributed by atoms with van der Waals surface area (Å²) in [5.74, 6) is 0.245. The Morgan fingerprint density at radius 3 is 2.92 bits per heavy atom. The Labute approximate surface area is 80.1 Å². The van der Waals surface area contributed by atoms with Crippen LogP contribution < -0.4 is 0 Å². The molecule has 0 fully saturated rings. The Balaban J connectivity index is 2.69. The van der Waals surface area contributed by atoms with Gasteiger partial charge in [-0.05, 0) is 27.6 Å². The van der Waals surface area contributed by atoms with Gasteiger partial charge in [0.2, 0.25) is 0 Å². The quantitative estimate of drug-likeness (QED) is 0.794. The van der Waals surface area contributed by atoms with Gasteiger partial charge in [-0.2, -0.15) is 0 Å². The average Bonchev–Trinajstić information content (AvgIpc) is 2.04. The van der Waals surface area contributed by atoms with Crippen LogP contribution in [0.4, 0.5) is 0 Å². The zero-order chi connectivity index (χ0) is 8.97. The summed E-state index contributed by atoms with van der Waals surface area (Å²) >= 11 is 3.30. The van der Waals surface area contributed by atoms with Crippen LogP contribution in [-0.2, 0) is 11.2 Å². The Morgan fingerprint density at radius 1 is 1.58 bits per heavy atom. The summed E-state index contributed by atoms with van der Waals surface area (Å²) in [5, 5.41) is 0. The van der Waals surface area contributed by atoms with Gasteiger partial charge in [0.25, 0.3) is 0 Å². The van der Waals surface area contributed by atoms with E-state index in [4.69, 9.17) is 0 Å². The van der Waals surface area contributed by atoms with E-state index in [9.17, 15) is 4.79 Å². The fourth-order valence-electron chi connectivity index (χ4n) is 0.905. The van der Waals surface area contributed by atoms with Gasteiger partial charge < -0.3 is 0 Å². The third kappa shape index (κ3) is 2.74. The first-order valence-electron chi connectivity index (χ1n) is 3.83. The summed E-state index contributed by atoms with van der Waals surface area (Å²) in [4.78, 5) is 15.0. The van der Waals surface area contributed by atoms with Gasteiger partial charge in [-0.3, -0.25) is 9.78 Å². The molecule has 0 unspecified atom stereocenters. The van der Waals surface area contributed by atoms with Crippen molar-refractivity contribution in [3.8, 4) is 0 Å². The number of rotatable bonds is 3. The normalized spacial score (nSPS) is 9.83. The fraction of sp³-hybridized carbons (Fsp3) is 0.333. The molecule has 1 heterocycles. The summed E-state index contributed by atoms with van der Waals surface area (Å²) in [6.45, 7) is 1.87. The van der Waals surface area contributed by atoms with E-state index < -0.39 is 0 Å². The Morgan fingerprint density at radius 2 is 2.33 bits per heavy atom. The van der Waals surface area contributed by atoms with Crippen molar-refractivity contribution in [2.45, 2.75) is 19.8 Å². The van der Waals surface area contributed by atoms with Gasteiger partial charge in [0, 0.05) is 29.7 Å². The number of pyridine rings is 1. The molecule has 64 valence electrons. The number of nitrogens with zero attached hydrogens (tertiary/aromatic N) is 1. The molecule has 3 heteroatoms. The van der Waals surface area contributed by atoms with Crippen molar-refractivity contribution in [1.29, 1.82) is 0 Å². The molecule has 0 amide bonds. The van der Waals surface area contributed by atoms with Crippen LogP contribution in [0.5, 0.6) is 0 Å². The first kappa shape index (κ1) is 9.39. The Bertz CT molecular complexity index is 286. The highest BCUT2D eigenvalue weighted by atomic mass is 79.9. The van der Waals surface area contributed by atoms with Crippen LogP contribution in [-0.4, -0.2) is 10.8 Å². The summed E-state index contributed by atoms with van der Waals surface area (Å²) in [5.41, 5.74) is 0.969. The van der Waals surface area contributed by atoms with Crippen LogP contribution in [0.2, 0.25) is 0 Å². The van der Waals surface area contributed by atoms with Crippen molar-refractivity contribution >= 4 is 21.7 Å². The summed E-state index contributed by atoms with van der Waals surface area (Å²) in [6, 6.07) is 1.92. The highest BCUT2D eigenvalue weighted by Crippen LogP contribution is 2.10.